The van der Waals surface area contributed by atoms with E-state index in [4.69, 9.17) is 4.74 Å². The van der Waals surface area contributed by atoms with Crippen molar-refractivity contribution in [3.05, 3.63) is 23.8 Å². The summed E-state index contributed by atoms with van der Waals surface area (Å²) in [6.45, 7) is 9.84. The zero-order valence-electron chi connectivity index (χ0n) is 12.4. The van der Waals surface area contributed by atoms with Crippen molar-refractivity contribution in [2.24, 2.45) is 0 Å². The van der Waals surface area contributed by atoms with E-state index in [9.17, 15) is 18.0 Å². The lowest BCUT2D eigenvalue weighted by Crippen LogP contribution is -2.37. The van der Waals surface area contributed by atoms with Gasteiger partial charge in [-0.2, -0.15) is 13.2 Å². The summed E-state index contributed by atoms with van der Waals surface area (Å²) in [6.07, 6.45) is -4.94. The Balaban J connectivity index is 5.52. The Hall–Kier alpha value is -1.30. The highest BCUT2D eigenvalue weighted by Gasteiger charge is 2.40. The van der Waals surface area contributed by atoms with E-state index in [-0.39, 0.29) is 6.42 Å². The molecule has 0 saturated carbocycles. The minimum absolute atomic E-state index is 0.164. The van der Waals surface area contributed by atoms with E-state index in [1.54, 1.807) is 27.7 Å². The number of esters is 1. The average molecular weight is 294 g/mol. The average Bonchev–Trinajstić information content (AvgIpc) is 2.28. The number of alkyl halides is 3. The Bertz CT molecular complexity index is 389. The monoisotopic (exact) mass is 294 g/mol. The molecule has 20 heavy (non-hydrogen) atoms. The molecule has 1 atom stereocenters. The van der Waals surface area contributed by atoms with Crippen LogP contribution in [0.1, 0.15) is 34.1 Å². The Kier molecular flexibility index (Phi) is 6.47. The van der Waals surface area contributed by atoms with Crippen molar-refractivity contribution in [2.45, 2.75) is 52.0 Å². The topological polar surface area (TPSA) is 35.5 Å². The van der Waals surface area contributed by atoms with Gasteiger partial charge in [0, 0.05) is 0 Å². The van der Waals surface area contributed by atoms with E-state index in [1.807, 2.05) is 0 Å². The summed E-state index contributed by atoms with van der Waals surface area (Å²) in [5.74, 6) is -0.906. The summed E-state index contributed by atoms with van der Waals surface area (Å²) in [5, 5.41) is 0. The van der Waals surface area contributed by atoms with Crippen LogP contribution >= 0.6 is 0 Å². The Labute approximate surface area is 117 Å². The first-order chi connectivity index (χ1) is 8.94. The first-order valence-corrected chi connectivity index (χ1v) is 6.16. The molecule has 0 aromatic rings. The molecule has 116 valence electrons. The van der Waals surface area contributed by atoms with Crippen LogP contribution < -0.4 is 0 Å². The molecule has 0 amide bonds. The quantitative estimate of drug-likeness (QED) is 0.571. The fourth-order valence-corrected chi connectivity index (χ4v) is 1.50. The van der Waals surface area contributed by atoms with E-state index >= 15 is 0 Å². The minimum atomic E-state index is -4.60. The number of hydrogen-bond acceptors (Lipinski definition) is 3. The second kappa shape index (κ2) is 6.92. The first kappa shape index (κ1) is 18.7. The number of halogens is 3. The van der Waals surface area contributed by atoms with Gasteiger partial charge in [-0.25, -0.2) is 4.79 Å². The summed E-state index contributed by atoms with van der Waals surface area (Å²) in [4.78, 5) is 11.7. The molecule has 0 aromatic heterocycles. The highest BCUT2D eigenvalue weighted by molar-refractivity contribution is 5.79. The maximum Gasteiger partial charge on any atom is 0.416 e. The lowest BCUT2D eigenvalue weighted by atomic mass is 9.99. The predicted molar refractivity (Wildman–Crippen MR) is 70.2 cm³/mol. The van der Waals surface area contributed by atoms with E-state index in [1.165, 1.54) is 0 Å². The number of rotatable bonds is 5. The lowest BCUT2D eigenvalue weighted by molar-refractivity contribution is -0.160. The van der Waals surface area contributed by atoms with Gasteiger partial charge >= 0.3 is 12.1 Å². The van der Waals surface area contributed by atoms with Crippen LogP contribution in [0.5, 0.6) is 0 Å². The fourth-order valence-electron chi connectivity index (χ4n) is 1.50. The summed E-state index contributed by atoms with van der Waals surface area (Å²) in [5.41, 5.74) is -2.22. The predicted octanol–water partition coefficient (Wildman–Crippen LogP) is 3.80. The summed E-state index contributed by atoms with van der Waals surface area (Å²) < 4.78 is 48.8. The number of carbonyl (C=O) groups is 1. The van der Waals surface area contributed by atoms with Gasteiger partial charge in [-0.3, -0.25) is 0 Å². The molecule has 0 aliphatic rings. The van der Waals surface area contributed by atoms with E-state index < -0.39 is 35.0 Å². The highest BCUT2D eigenvalue weighted by Crippen LogP contribution is 2.34. The van der Waals surface area contributed by atoms with Crippen molar-refractivity contribution >= 4 is 5.97 Å². The molecule has 0 heterocycles. The molecule has 0 saturated heterocycles. The van der Waals surface area contributed by atoms with Crippen LogP contribution in [0, 0.1) is 0 Å². The molecule has 0 spiro atoms. The third-order valence-corrected chi connectivity index (χ3v) is 2.26. The number of ether oxygens (including phenoxy) is 2. The molecular weight excluding hydrogens is 273 g/mol. The zero-order chi connectivity index (χ0) is 16.1. The molecule has 6 heteroatoms. The van der Waals surface area contributed by atoms with Crippen LogP contribution in [-0.4, -0.2) is 31.0 Å². The van der Waals surface area contributed by atoms with Gasteiger partial charge < -0.3 is 9.47 Å². The molecule has 1 unspecified atom stereocenters. The van der Waals surface area contributed by atoms with Gasteiger partial charge in [-0.05, 0) is 32.8 Å². The molecule has 3 nitrogen and oxygen atoms in total. The molecule has 0 N–H and O–H groups in total. The van der Waals surface area contributed by atoms with Crippen LogP contribution in [0.15, 0.2) is 23.8 Å². The van der Waals surface area contributed by atoms with Crippen molar-refractivity contribution in [2.75, 3.05) is 7.11 Å². The highest BCUT2D eigenvalue weighted by atomic mass is 19.4. The van der Waals surface area contributed by atoms with Gasteiger partial charge in [0.15, 0.2) is 6.10 Å². The van der Waals surface area contributed by atoms with Crippen LogP contribution in [0.25, 0.3) is 0 Å². The molecule has 0 rings (SSSR count). The summed E-state index contributed by atoms with van der Waals surface area (Å²) >= 11 is 0. The zero-order valence-corrected chi connectivity index (χ0v) is 12.4. The number of hydrogen-bond donors (Lipinski definition) is 0. The first-order valence-electron chi connectivity index (χ1n) is 6.16. The normalized spacial score (nSPS) is 14.9. The molecule has 0 radical (unpaired) electrons. The SMILES string of the molecule is C=C(/C(=C\CC)C(F)(F)F)C(OC(C)(C)C)C(=O)OC. The standard InChI is InChI=1S/C14H21F3O3/c1-7-8-10(14(15,16)17)9(2)11(12(18)19-6)20-13(3,4)5/h8,11H,2,7H2,1,3-6H3/b10-8+. The van der Waals surface area contributed by atoms with Crippen LogP contribution in [0.2, 0.25) is 0 Å². The Morgan fingerprint density at radius 3 is 2.10 bits per heavy atom. The minimum Gasteiger partial charge on any atom is -0.467 e. The van der Waals surface area contributed by atoms with Gasteiger partial charge in [0.1, 0.15) is 0 Å². The van der Waals surface area contributed by atoms with E-state index in [0.29, 0.717) is 0 Å². The van der Waals surface area contributed by atoms with Crippen molar-refractivity contribution in [1.29, 1.82) is 0 Å². The lowest BCUT2D eigenvalue weighted by Gasteiger charge is -2.28. The molecule has 0 aliphatic heterocycles. The molecule has 0 bridgehead atoms. The largest absolute Gasteiger partial charge is 0.467 e. The van der Waals surface area contributed by atoms with Crippen molar-refractivity contribution in [3.8, 4) is 0 Å². The Morgan fingerprint density at radius 1 is 1.30 bits per heavy atom. The number of carbonyl (C=O) groups excluding carboxylic acids is 1. The van der Waals surface area contributed by atoms with E-state index in [0.717, 1.165) is 13.2 Å². The number of methoxy groups -OCH3 is 1. The second-order valence-corrected chi connectivity index (χ2v) is 5.18. The van der Waals surface area contributed by atoms with Crippen molar-refractivity contribution in [3.63, 3.8) is 0 Å². The maximum absolute atomic E-state index is 13.0. The van der Waals surface area contributed by atoms with Gasteiger partial charge in [0.25, 0.3) is 0 Å². The van der Waals surface area contributed by atoms with Crippen LogP contribution in [0.3, 0.4) is 0 Å². The van der Waals surface area contributed by atoms with Gasteiger partial charge in [0.05, 0.1) is 18.3 Å². The third-order valence-electron chi connectivity index (χ3n) is 2.26. The molecule has 0 fully saturated rings. The Morgan fingerprint density at radius 2 is 1.80 bits per heavy atom. The van der Waals surface area contributed by atoms with Gasteiger partial charge in [-0.1, -0.05) is 19.6 Å². The second-order valence-electron chi connectivity index (χ2n) is 5.18. The van der Waals surface area contributed by atoms with Crippen molar-refractivity contribution in [1.82, 2.24) is 0 Å². The van der Waals surface area contributed by atoms with Crippen LogP contribution in [0.4, 0.5) is 13.2 Å². The van der Waals surface area contributed by atoms with Crippen LogP contribution in [-0.2, 0) is 14.3 Å². The van der Waals surface area contributed by atoms with Gasteiger partial charge in [-0.15, -0.1) is 0 Å². The fraction of sp³-hybridized carbons (Fsp3) is 0.643. The summed E-state index contributed by atoms with van der Waals surface area (Å²) in [6, 6.07) is 0. The molecule has 0 aromatic carbocycles. The molecular formula is C14H21F3O3. The van der Waals surface area contributed by atoms with E-state index in [2.05, 4.69) is 11.3 Å². The smallest absolute Gasteiger partial charge is 0.416 e. The van der Waals surface area contributed by atoms with Gasteiger partial charge in [0.2, 0.25) is 0 Å². The van der Waals surface area contributed by atoms with Crippen molar-refractivity contribution < 1.29 is 27.4 Å². The third kappa shape index (κ3) is 5.77. The summed E-state index contributed by atoms with van der Waals surface area (Å²) in [7, 11) is 1.09. The number of allylic oxidation sites excluding steroid dienone is 1. The maximum atomic E-state index is 13.0. The molecule has 0 aliphatic carbocycles.